The highest BCUT2D eigenvalue weighted by Gasteiger charge is 2.13. The number of halogens is 1. The SMILES string of the molecule is Nc1ccc2c(c1)c(Br)nn2CCN1CCCC1. The van der Waals surface area contributed by atoms with Crippen LogP contribution in [0, 0.1) is 0 Å². The molecule has 0 amide bonds. The van der Waals surface area contributed by atoms with Gasteiger partial charge in [-0.15, -0.1) is 0 Å². The van der Waals surface area contributed by atoms with Crippen molar-refractivity contribution in [2.24, 2.45) is 0 Å². The van der Waals surface area contributed by atoms with E-state index >= 15 is 0 Å². The summed E-state index contributed by atoms with van der Waals surface area (Å²) in [5, 5.41) is 5.64. The normalized spacial score (nSPS) is 16.7. The van der Waals surface area contributed by atoms with E-state index in [1.807, 2.05) is 18.2 Å². The molecule has 1 aliphatic rings. The van der Waals surface area contributed by atoms with Gasteiger partial charge in [-0.1, -0.05) is 0 Å². The summed E-state index contributed by atoms with van der Waals surface area (Å²) in [7, 11) is 0. The number of rotatable bonds is 3. The lowest BCUT2D eigenvalue weighted by molar-refractivity contribution is 0.318. The Bertz CT molecular complexity index is 557. The van der Waals surface area contributed by atoms with E-state index in [0.717, 1.165) is 34.3 Å². The van der Waals surface area contributed by atoms with E-state index in [1.165, 1.54) is 25.9 Å². The van der Waals surface area contributed by atoms with Gasteiger partial charge in [-0.25, -0.2) is 0 Å². The molecule has 0 saturated carbocycles. The molecule has 1 aliphatic heterocycles. The van der Waals surface area contributed by atoms with Crippen molar-refractivity contribution >= 4 is 32.5 Å². The summed E-state index contributed by atoms with van der Waals surface area (Å²) >= 11 is 3.50. The first kappa shape index (κ1) is 12.0. The molecule has 1 aromatic carbocycles. The van der Waals surface area contributed by atoms with E-state index < -0.39 is 0 Å². The molecule has 5 heteroatoms. The van der Waals surface area contributed by atoms with Crippen LogP contribution in [0.25, 0.3) is 10.9 Å². The van der Waals surface area contributed by atoms with Crippen LogP contribution in [0.5, 0.6) is 0 Å². The number of nitrogens with two attached hydrogens (primary N) is 1. The zero-order valence-corrected chi connectivity index (χ0v) is 11.9. The van der Waals surface area contributed by atoms with Gasteiger partial charge in [0.15, 0.2) is 0 Å². The maximum atomic E-state index is 5.81. The van der Waals surface area contributed by atoms with Gasteiger partial charge in [0.1, 0.15) is 4.60 Å². The van der Waals surface area contributed by atoms with E-state index in [9.17, 15) is 0 Å². The van der Waals surface area contributed by atoms with E-state index in [-0.39, 0.29) is 0 Å². The summed E-state index contributed by atoms with van der Waals surface area (Å²) in [6, 6.07) is 5.95. The monoisotopic (exact) mass is 308 g/mol. The maximum absolute atomic E-state index is 5.81. The van der Waals surface area contributed by atoms with Crippen molar-refractivity contribution in [1.82, 2.24) is 14.7 Å². The fourth-order valence-corrected chi connectivity index (χ4v) is 3.08. The average Bonchev–Trinajstić information content (AvgIpc) is 2.96. The zero-order chi connectivity index (χ0) is 12.5. The largest absolute Gasteiger partial charge is 0.399 e. The maximum Gasteiger partial charge on any atom is 0.136 e. The fourth-order valence-electron chi connectivity index (χ4n) is 2.57. The molecule has 1 aromatic heterocycles. The molecule has 2 aromatic rings. The van der Waals surface area contributed by atoms with Gasteiger partial charge in [-0.2, -0.15) is 5.10 Å². The Morgan fingerprint density at radius 2 is 2.00 bits per heavy atom. The van der Waals surface area contributed by atoms with Gasteiger partial charge in [-0.05, 0) is 60.1 Å². The predicted molar refractivity (Wildman–Crippen MR) is 77.5 cm³/mol. The average molecular weight is 309 g/mol. The minimum absolute atomic E-state index is 0.780. The van der Waals surface area contributed by atoms with Gasteiger partial charge >= 0.3 is 0 Å². The number of aromatic nitrogens is 2. The van der Waals surface area contributed by atoms with Crippen LogP contribution in [0.15, 0.2) is 22.8 Å². The number of hydrogen-bond donors (Lipinski definition) is 1. The van der Waals surface area contributed by atoms with E-state index in [4.69, 9.17) is 5.73 Å². The number of hydrogen-bond acceptors (Lipinski definition) is 3. The summed E-state index contributed by atoms with van der Waals surface area (Å²) in [5.41, 5.74) is 7.74. The highest BCUT2D eigenvalue weighted by atomic mass is 79.9. The van der Waals surface area contributed by atoms with Crippen molar-refractivity contribution in [3.63, 3.8) is 0 Å². The molecule has 0 unspecified atom stereocenters. The predicted octanol–water partition coefficient (Wildman–Crippen LogP) is 2.48. The van der Waals surface area contributed by atoms with Gasteiger partial charge in [-0.3, -0.25) is 4.68 Å². The third-order valence-corrected chi connectivity index (χ3v) is 4.14. The highest BCUT2D eigenvalue weighted by Crippen LogP contribution is 2.25. The zero-order valence-electron chi connectivity index (χ0n) is 10.3. The second kappa shape index (κ2) is 4.90. The summed E-state index contributed by atoms with van der Waals surface area (Å²) in [6.45, 7) is 4.47. The van der Waals surface area contributed by atoms with Crippen molar-refractivity contribution < 1.29 is 0 Å². The first-order chi connectivity index (χ1) is 8.74. The number of nitrogen functional groups attached to an aromatic ring is 1. The van der Waals surface area contributed by atoms with Crippen LogP contribution in [0.4, 0.5) is 5.69 Å². The molecule has 0 spiro atoms. The molecule has 0 atom stereocenters. The van der Waals surface area contributed by atoms with Crippen LogP contribution in [-0.2, 0) is 6.54 Å². The molecule has 0 aliphatic carbocycles. The molecule has 0 bridgehead atoms. The van der Waals surface area contributed by atoms with Gasteiger partial charge in [0.05, 0.1) is 12.1 Å². The molecule has 4 nitrogen and oxygen atoms in total. The van der Waals surface area contributed by atoms with Crippen molar-refractivity contribution in [3.05, 3.63) is 22.8 Å². The van der Waals surface area contributed by atoms with Crippen LogP contribution < -0.4 is 5.73 Å². The highest BCUT2D eigenvalue weighted by molar-refractivity contribution is 9.10. The lowest BCUT2D eigenvalue weighted by Crippen LogP contribution is -2.24. The van der Waals surface area contributed by atoms with Gasteiger partial charge in [0.25, 0.3) is 0 Å². The minimum Gasteiger partial charge on any atom is -0.399 e. The third kappa shape index (κ3) is 2.24. The molecular weight excluding hydrogens is 292 g/mol. The number of likely N-dealkylation sites (tertiary alicyclic amines) is 1. The van der Waals surface area contributed by atoms with Gasteiger partial charge in [0.2, 0.25) is 0 Å². The molecule has 3 rings (SSSR count). The van der Waals surface area contributed by atoms with Crippen LogP contribution in [0.3, 0.4) is 0 Å². The molecule has 0 radical (unpaired) electrons. The minimum atomic E-state index is 0.780. The molecule has 18 heavy (non-hydrogen) atoms. The Balaban J connectivity index is 1.83. The Kier molecular flexibility index (Phi) is 3.26. The summed E-state index contributed by atoms with van der Waals surface area (Å²) in [4.78, 5) is 2.50. The Morgan fingerprint density at radius 1 is 1.22 bits per heavy atom. The molecule has 2 heterocycles. The molecular formula is C13H17BrN4. The standard InChI is InChI=1S/C13H17BrN4/c14-13-11-9-10(15)3-4-12(11)18(16-13)8-7-17-5-1-2-6-17/h3-4,9H,1-2,5-8,15H2. The molecule has 1 saturated heterocycles. The first-order valence-corrected chi connectivity index (χ1v) is 7.17. The second-order valence-electron chi connectivity index (χ2n) is 4.84. The smallest absolute Gasteiger partial charge is 0.136 e. The molecule has 1 fully saturated rings. The van der Waals surface area contributed by atoms with E-state index in [1.54, 1.807) is 0 Å². The quantitative estimate of drug-likeness (QED) is 0.886. The van der Waals surface area contributed by atoms with Crippen LogP contribution >= 0.6 is 15.9 Å². The summed E-state index contributed by atoms with van der Waals surface area (Å²) in [6.07, 6.45) is 2.67. The molecule has 96 valence electrons. The first-order valence-electron chi connectivity index (χ1n) is 6.38. The lowest BCUT2D eigenvalue weighted by Gasteiger charge is -2.14. The Morgan fingerprint density at radius 3 is 2.78 bits per heavy atom. The van der Waals surface area contributed by atoms with Crippen molar-refractivity contribution in [2.45, 2.75) is 19.4 Å². The van der Waals surface area contributed by atoms with Crippen LogP contribution in [0.2, 0.25) is 0 Å². The summed E-state index contributed by atoms with van der Waals surface area (Å²) in [5.74, 6) is 0. The van der Waals surface area contributed by atoms with Crippen LogP contribution in [-0.4, -0.2) is 34.3 Å². The van der Waals surface area contributed by atoms with Crippen molar-refractivity contribution in [2.75, 3.05) is 25.4 Å². The Labute approximate surface area is 115 Å². The van der Waals surface area contributed by atoms with Crippen LogP contribution in [0.1, 0.15) is 12.8 Å². The molecule has 2 N–H and O–H groups in total. The van der Waals surface area contributed by atoms with Crippen molar-refractivity contribution in [3.8, 4) is 0 Å². The summed E-state index contributed by atoms with van der Waals surface area (Å²) < 4.78 is 2.95. The van der Waals surface area contributed by atoms with E-state index in [0.29, 0.717) is 0 Å². The van der Waals surface area contributed by atoms with Gasteiger partial charge < -0.3 is 10.6 Å². The number of benzene rings is 1. The number of anilines is 1. The second-order valence-corrected chi connectivity index (χ2v) is 5.59. The van der Waals surface area contributed by atoms with Crippen molar-refractivity contribution in [1.29, 1.82) is 0 Å². The fraction of sp³-hybridized carbons (Fsp3) is 0.462. The lowest BCUT2D eigenvalue weighted by atomic mass is 10.2. The number of nitrogens with zero attached hydrogens (tertiary/aromatic N) is 3. The van der Waals surface area contributed by atoms with Gasteiger partial charge in [0, 0.05) is 17.6 Å². The third-order valence-electron chi connectivity index (χ3n) is 3.56. The topological polar surface area (TPSA) is 47.1 Å². The number of fused-ring (bicyclic) bond motifs is 1. The Hall–Kier alpha value is -1.07. The van der Waals surface area contributed by atoms with E-state index in [2.05, 4.69) is 30.6 Å².